The minimum Gasteiger partial charge on any atom is -0.368 e. The molecule has 0 spiro atoms. The molecule has 2 unspecified atom stereocenters. The molecule has 2 fully saturated rings. The summed E-state index contributed by atoms with van der Waals surface area (Å²) >= 11 is 0. The first kappa shape index (κ1) is 22.8. The SMILES string of the molecule is Cc1cc(C(=O)NC(CC2CC2)C(=O)NC(C[C@@H]2CC(C)(C)NC2=O)C(N)=O)[nH]c1C. The van der Waals surface area contributed by atoms with Gasteiger partial charge >= 0.3 is 0 Å². The number of H-pyrrole nitrogens is 1. The van der Waals surface area contributed by atoms with Gasteiger partial charge in [0, 0.05) is 17.2 Å². The van der Waals surface area contributed by atoms with Crippen LogP contribution in [0.2, 0.25) is 0 Å². The van der Waals surface area contributed by atoms with Crippen LogP contribution in [0.5, 0.6) is 0 Å². The highest BCUT2D eigenvalue weighted by Crippen LogP contribution is 2.34. The zero-order valence-electron chi connectivity index (χ0n) is 18.6. The van der Waals surface area contributed by atoms with E-state index in [0.717, 1.165) is 24.1 Å². The number of aromatic nitrogens is 1. The molecular formula is C22H33N5O4. The zero-order valence-corrected chi connectivity index (χ0v) is 18.6. The van der Waals surface area contributed by atoms with E-state index >= 15 is 0 Å². The molecule has 1 aromatic rings. The van der Waals surface area contributed by atoms with E-state index in [-0.39, 0.29) is 23.8 Å². The summed E-state index contributed by atoms with van der Waals surface area (Å²) < 4.78 is 0. The molecule has 31 heavy (non-hydrogen) atoms. The lowest BCUT2D eigenvalue weighted by Gasteiger charge is -2.23. The Balaban J connectivity index is 1.67. The smallest absolute Gasteiger partial charge is 0.268 e. The van der Waals surface area contributed by atoms with Gasteiger partial charge in [-0.2, -0.15) is 0 Å². The minimum absolute atomic E-state index is 0.134. The van der Waals surface area contributed by atoms with E-state index in [1.54, 1.807) is 6.07 Å². The highest BCUT2D eigenvalue weighted by molar-refractivity contribution is 5.97. The Morgan fingerprint density at radius 1 is 1.16 bits per heavy atom. The predicted molar refractivity (Wildman–Crippen MR) is 115 cm³/mol. The van der Waals surface area contributed by atoms with Crippen molar-refractivity contribution in [2.24, 2.45) is 17.6 Å². The molecule has 2 heterocycles. The van der Waals surface area contributed by atoms with Crippen LogP contribution in [0.15, 0.2) is 6.07 Å². The van der Waals surface area contributed by atoms with Gasteiger partial charge in [0.2, 0.25) is 17.7 Å². The Bertz CT molecular complexity index is 867. The van der Waals surface area contributed by atoms with Gasteiger partial charge in [0.25, 0.3) is 5.91 Å². The van der Waals surface area contributed by atoms with Crippen molar-refractivity contribution in [2.75, 3.05) is 0 Å². The van der Waals surface area contributed by atoms with Crippen LogP contribution in [-0.2, 0) is 14.4 Å². The maximum absolute atomic E-state index is 13.0. The number of hydrogen-bond donors (Lipinski definition) is 5. The fourth-order valence-corrected chi connectivity index (χ4v) is 4.13. The summed E-state index contributed by atoms with van der Waals surface area (Å²) in [6.45, 7) is 7.59. The van der Waals surface area contributed by atoms with Gasteiger partial charge in [0.1, 0.15) is 17.8 Å². The average molecular weight is 432 g/mol. The molecule has 0 aromatic carbocycles. The second kappa shape index (κ2) is 8.72. The van der Waals surface area contributed by atoms with Crippen molar-refractivity contribution in [3.05, 3.63) is 23.0 Å². The molecule has 0 bridgehead atoms. The van der Waals surface area contributed by atoms with Crippen molar-refractivity contribution >= 4 is 23.6 Å². The van der Waals surface area contributed by atoms with E-state index in [4.69, 9.17) is 5.73 Å². The summed E-state index contributed by atoms with van der Waals surface area (Å²) in [6, 6.07) is -0.0194. The van der Waals surface area contributed by atoms with Crippen LogP contribution < -0.4 is 21.7 Å². The lowest BCUT2D eigenvalue weighted by molar-refractivity contribution is -0.130. The molecule has 3 rings (SSSR count). The van der Waals surface area contributed by atoms with E-state index in [2.05, 4.69) is 20.9 Å². The molecular weight excluding hydrogens is 398 g/mol. The molecule has 0 radical (unpaired) electrons. The second-order valence-corrected chi connectivity index (χ2v) is 9.67. The van der Waals surface area contributed by atoms with E-state index in [0.29, 0.717) is 24.5 Å². The van der Waals surface area contributed by atoms with Gasteiger partial charge in [0.15, 0.2) is 0 Å². The Labute approximate surface area is 182 Å². The molecule has 1 saturated carbocycles. The lowest BCUT2D eigenvalue weighted by Crippen LogP contribution is -2.53. The highest BCUT2D eigenvalue weighted by atomic mass is 16.2. The van der Waals surface area contributed by atoms with Gasteiger partial charge in [-0.15, -0.1) is 0 Å². The average Bonchev–Trinajstić information content (AvgIpc) is 3.35. The first-order valence-electron chi connectivity index (χ1n) is 10.8. The Hall–Kier alpha value is -2.84. The Morgan fingerprint density at radius 2 is 1.84 bits per heavy atom. The van der Waals surface area contributed by atoms with E-state index in [1.165, 1.54) is 0 Å². The monoisotopic (exact) mass is 431 g/mol. The zero-order chi connectivity index (χ0) is 22.9. The van der Waals surface area contributed by atoms with Crippen LogP contribution in [0.4, 0.5) is 0 Å². The third-order valence-electron chi connectivity index (χ3n) is 6.18. The van der Waals surface area contributed by atoms with Gasteiger partial charge in [-0.05, 0) is 64.5 Å². The van der Waals surface area contributed by atoms with Crippen molar-refractivity contribution in [1.29, 1.82) is 0 Å². The number of nitrogens with one attached hydrogen (secondary N) is 4. The van der Waals surface area contributed by atoms with Crippen LogP contribution >= 0.6 is 0 Å². The van der Waals surface area contributed by atoms with Crippen molar-refractivity contribution < 1.29 is 19.2 Å². The third kappa shape index (κ3) is 5.86. The Morgan fingerprint density at radius 3 is 2.32 bits per heavy atom. The standard InChI is InChI=1S/C22H33N5O4/c1-11-7-16(24-12(11)2)20(30)26-17(8-13-5-6-13)21(31)25-15(18(23)28)9-14-10-22(3,4)27-19(14)29/h7,13-15,17,24H,5-6,8-10H2,1-4H3,(H2,23,28)(H,25,31)(H,26,30)(H,27,29)/t14-,15?,17?/m1/s1. The number of amides is 4. The maximum Gasteiger partial charge on any atom is 0.268 e. The largest absolute Gasteiger partial charge is 0.368 e. The summed E-state index contributed by atoms with van der Waals surface area (Å²) in [6.07, 6.45) is 3.21. The normalized spacial score (nSPS) is 21.8. The molecule has 1 aliphatic heterocycles. The second-order valence-electron chi connectivity index (χ2n) is 9.67. The molecule has 1 aliphatic carbocycles. The molecule has 9 heteroatoms. The number of hydrogen-bond acceptors (Lipinski definition) is 4. The van der Waals surface area contributed by atoms with Crippen LogP contribution in [0.1, 0.15) is 67.7 Å². The number of aromatic amines is 1. The van der Waals surface area contributed by atoms with Crippen LogP contribution in [0, 0.1) is 25.7 Å². The maximum atomic E-state index is 13.0. The molecule has 1 saturated heterocycles. The van der Waals surface area contributed by atoms with Crippen molar-refractivity contribution in [3.63, 3.8) is 0 Å². The first-order chi connectivity index (χ1) is 14.4. The van der Waals surface area contributed by atoms with Crippen LogP contribution in [-0.4, -0.2) is 46.2 Å². The highest BCUT2D eigenvalue weighted by Gasteiger charge is 2.40. The van der Waals surface area contributed by atoms with Crippen molar-refractivity contribution in [3.8, 4) is 0 Å². The summed E-state index contributed by atoms with van der Waals surface area (Å²) in [5.74, 6) is -1.71. The first-order valence-corrected chi connectivity index (χ1v) is 10.8. The number of primary amides is 1. The van der Waals surface area contributed by atoms with Gasteiger partial charge in [-0.3, -0.25) is 19.2 Å². The van der Waals surface area contributed by atoms with Gasteiger partial charge in [-0.25, -0.2) is 0 Å². The summed E-state index contributed by atoms with van der Waals surface area (Å²) in [5.41, 5.74) is 7.40. The summed E-state index contributed by atoms with van der Waals surface area (Å²) in [5, 5.41) is 8.36. The van der Waals surface area contributed by atoms with Gasteiger partial charge in [-0.1, -0.05) is 12.8 Å². The van der Waals surface area contributed by atoms with Gasteiger partial charge in [0.05, 0.1) is 0 Å². The molecule has 4 amide bonds. The molecule has 2 aliphatic rings. The molecule has 6 N–H and O–H groups in total. The molecule has 9 nitrogen and oxygen atoms in total. The third-order valence-corrected chi connectivity index (χ3v) is 6.18. The molecule has 1 aromatic heterocycles. The number of rotatable bonds is 9. The number of nitrogens with two attached hydrogens (primary N) is 1. The molecule has 3 atom stereocenters. The topological polar surface area (TPSA) is 146 Å². The van der Waals surface area contributed by atoms with Crippen molar-refractivity contribution in [1.82, 2.24) is 20.9 Å². The fourth-order valence-electron chi connectivity index (χ4n) is 4.13. The quantitative estimate of drug-likeness (QED) is 0.394. The van der Waals surface area contributed by atoms with Crippen LogP contribution in [0.3, 0.4) is 0 Å². The summed E-state index contributed by atoms with van der Waals surface area (Å²) in [7, 11) is 0. The predicted octanol–water partition coefficient (Wildman–Crippen LogP) is 0.805. The minimum atomic E-state index is -0.981. The summed E-state index contributed by atoms with van der Waals surface area (Å²) in [4.78, 5) is 52.9. The molecule has 170 valence electrons. The van der Waals surface area contributed by atoms with Crippen LogP contribution in [0.25, 0.3) is 0 Å². The Kier molecular flexibility index (Phi) is 6.43. The van der Waals surface area contributed by atoms with Gasteiger partial charge < -0.3 is 26.7 Å². The number of carbonyl (C=O) groups is 4. The number of carbonyl (C=O) groups excluding carboxylic acids is 4. The fraction of sp³-hybridized carbons (Fsp3) is 0.636. The van der Waals surface area contributed by atoms with E-state index in [9.17, 15) is 19.2 Å². The van der Waals surface area contributed by atoms with E-state index in [1.807, 2.05) is 27.7 Å². The van der Waals surface area contributed by atoms with Crippen molar-refractivity contribution in [2.45, 2.75) is 77.4 Å². The lowest BCUT2D eigenvalue weighted by atomic mass is 9.91. The van der Waals surface area contributed by atoms with E-state index < -0.39 is 29.8 Å². The number of aryl methyl sites for hydroxylation is 2.